The Morgan fingerprint density at radius 1 is 1.03 bits per heavy atom. The van der Waals surface area contributed by atoms with Crippen molar-refractivity contribution in [3.8, 4) is 0 Å². The molecule has 0 bridgehead atoms. The molecule has 5 N–H and O–H groups in total. The third-order valence-electron chi connectivity index (χ3n) is 8.08. The normalized spacial score (nSPS) is 25.0. The second-order valence-electron chi connectivity index (χ2n) is 10.2. The fourth-order valence-electron chi connectivity index (χ4n) is 6.31. The number of aromatic nitrogens is 4. The van der Waals surface area contributed by atoms with E-state index in [0.717, 1.165) is 38.1 Å². The summed E-state index contributed by atoms with van der Waals surface area (Å²) >= 11 is 0. The number of anilines is 1. The summed E-state index contributed by atoms with van der Waals surface area (Å²) in [7, 11) is 0. The molecular formula is C28H23N5O5. The van der Waals surface area contributed by atoms with Gasteiger partial charge in [-0.25, -0.2) is 4.98 Å². The van der Waals surface area contributed by atoms with Gasteiger partial charge >= 0.3 is 0 Å². The van der Waals surface area contributed by atoms with Crippen molar-refractivity contribution >= 4 is 49.4 Å². The van der Waals surface area contributed by atoms with E-state index in [-0.39, 0.29) is 30.1 Å². The number of imidazole rings is 1. The lowest BCUT2D eigenvalue weighted by Crippen LogP contribution is -2.24. The summed E-state index contributed by atoms with van der Waals surface area (Å²) < 4.78 is 7.35. The molecule has 4 aromatic carbocycles. The minimum absolute atomic E-state index is 0.135. The van der Waals surface area contributed by atoms with E-state index in [1.807, 2.05) is 12.1 Å². The molecule has 2 aromatic heterocycles. The number of nitrogens with zero attached hydrogens (tertiary/aromatic N) is 3. The van der Waals surface area contributed by atoms with Gasteiger partial charge in [-0.05, 0) is 49.5 Å². The number of H-pyrrole nitrogens is 1. The van der Waals surface area contributed by atoms with E-state index in [0.29, 0.717) is 0 Å². The Morgan fingerprint density at radius 2 is 1.82 bits per heavy atom. The first-order valence-electron chi connectivity index (χ1n) is 12.6. The van der Waals surface area contributed by atoms with Crippen molar-refractivity contribution < 1.29 is 20.1 Å². The van der Waals surface area contributed by atoms with Crippen LogP contribution in [-0.4, -0.2) is 53.7 Å². The highest BCUT2D eigenvalue weighted by molar-refractivity contribution is 6.25. The largest absolute Gasteiger partial charge is 0.394 e. The Labute approximate surface area is 214 Å². The molecular weight excluding hydrogens is 486 g/mol. The molecule has 8 rings (SSSR count). The third-order valence-corrected chi connectivity index (χ3v) is 8.08. The molecule has 0 saturated carbocycles. The van der Waals surface area contributed by atoms with Gasteiger partial charge in [0.05, 0.1) is 25.1 Å². The summed E-state index contributed by atoms with van der Waals surface area (Å²) in [5.41, 5.74) is 1.76. The molecule has 6 aromatic rings. The van der Waals surface area contributed by atoms with Crippen LogP contribution >= 0.6 is 0 Å². The summed E-state index contributed by atoms with van der Waals surface area (Å²) in [6.07, 6.45) is -1.35. The van der Waals surface area contributed by atoms with Crippen molar-refractivity contribution in [3.63, 3.8) is 0 Å². The van der Waals surface area contributed by atoms with E-state index in [9.17, 15) is 20.1 Å². The van der Waals surface area contributed by atoms with Crippen molar-refractivity contribution in [1.82, 2.24) is 19.5 Å². The monoisotopic (exact) mass is 509 g/mol. The SMILES string of the molecule is O=c1[nH]c(N[C@@H]2c3ccc4ccc5cccc6cc(c3c4c56)[C@@H]2O)nc2c1ncn2[C@H]1C[C@H](O)[C@@H](CO)O1. The van der Waals surface area contributed by atoms with E-state index in [4.69, 9.17) is 4.74 Å². The molecule has 10 nitrogen and oxygen atoms in total. The van der Waals surface area contributed by atoms with Crippen molar-refractivity contribution in [1.29, 1.82) is 0 Å². The van der Waals surface area contributed by atoms with Crippen molar-refractivity contribution in [2.45, 2.75) is 37.0 Å². The highest BCUT2D eigenvalue weighted by Gasteiger charge is 2.37. The zero-order valence-electron chi connectivity index (χ0n) is 20.0. The van der Waals surface area contributed by atoms with Gasteiger partial charge < -0.3 is 25.4 Å². The Balaban J connectivity index is 1.23. The van der Waals surface area contributed by atoms with Gasteiger partial charge in [0.15, 0.2) is 11.2 Å². The van der Waals surface area contributed by atoms with Crippen LogP contribution in [0.1, 0.15) is 35.9 Å². The predicted molar refractivity (Wildman–Crippen MR) is 141 cm³/mol. The number of rotatable bonds is 4. The van der Waals surface area contributed by atoms with E-state index in [1.54, 1.807) is 4.57 Å². The number of aromatic amines is 1. The lowest BCUT2D eigenvalue weighted by atomic mass is 9.91. The van der Waals surface area contributed by atoms with Crippen LogP contribution in [0.5, 0.6) is 0 Å². The van der Waals surface area contributed by atoms with Crippen LogP contribution in [0.25, 0.3) is 43.5 Å². The lowest BCUT2D eigenvalue weighted by molar-refractivity contribution is -0.0432. The van der Waals surface area contributed by atoms with Crippen molar-refractivity contribution in [3.05, 3.63) is 76.3 Å². The van der Waals surface area contributed by atoms with Crippen LogP contribution in [0.15, 0.2) is 59.7 Å². The number of hydrogen-bond donors (Lipinski definition) is 5. The molecule has 1 aliphatic carbocycles. The highest BCUT2D eigenvalue weighted by Crippen LogP contribution is 2.49. The molecule has 0 radical (unpaired) electrons. The molecule has 0 amide bonds. The maximum absolute atomic E-state index is 12.9. The zero-order chi connectivity index (χ0) is 25.7. The topological polar surface area (TPSA) is 146 Å². The fourth-order valence-corrected chi connectivity index (χ4v) is 6.31. The summed E-state index contributed by atoms with van der Waals surface area (Å²) in [6, 6.07) is 16.0. The van der Waals surface area contributed by atoms with E-state index in [1.165, 1.54) is 11.7 Å². The van der Waals surface area contributed by atoms with Crippen LogP contribution in [0, 0.1) is 0 Å². The van der Waals surface area contributed by atoms with E-state index in [2.05, 4.69) is 56.7 Å². The number of fused-ring (bicyclic) bond motifs is 1. The first-order chi connectivity index (χ1) is 18.5. The fraction of sp³-hybridized carbons (Fsp3) is 0.250. The number of benzene rings is 4. The number of nitrogens with one attached hydrogen (secondary N) is 2. The molecule has 1 aliphatic heterocycles. The van der Waals surface area contributed by atoms with Crippen molar-refractivity contribution in [2.24, 2.45) is 0 Å². The van der Waals surface area contributed by atoms with Gasteiger partial charge in [-0.3, -0.25) is 14.3 Å². The number of hydrogen-bond acceptors (Lipinski definition) is 8. The summed E-state index contributed by atoms with van der Waals surface area (Å²) in [5, 5.41) is 41.0. The minimum atomic E-state index is -0.858. The molecule has 38 heavy (non-hydrogen) atoms. The summed E-state index contributed by atoms with van der Waals surface area (Å²) in [5.74, 6) is 0.188. The molecule has 1 fully saturated rings. The smallest absolute Gasteiger partial charge is 0.280 e. The maximum atomic E-state index is 12.9. The molecule has 3 heterocycles. The van der Waals surface area contributed by atoms with Crippen LogP contribution in [0.3, 0.4) is 0 Å². The van der Waals surface area contributed by atoms with Gasteiger partial charge in [-0.15, -0.1) is 0 Å². The molecule has 2 aliphatic rings. The third kappa shape index (κ3) is 2.88. The first-order valence-corrected chi connectivity index (χ1v) is 12.6. The van der Waals surface area contributed by atoms with Crippen LogP contribution in [0.4, 0.5) is 5.95 Å². The van der Waals surface area contributed by atoms with Gasteiger partial charge in [0.2, 0.25) is 5.95 Å². The summed E-state index contributed by atoms with van der Waals surface area (Å²) in [6.45, 7) is -0.315. The van der Waals surface area contributed by atoms with Gasteiger partial charge in [0.25, 0.3) is 5.56 Å². The predicted octanol–water partition coefficient (Wildman–Crippen LogP) is 2.86. The second-order valence-corrected chi connectivity index (χ2v) is 10.2. The minimum Gasteiger partial charge on any atom is -0.394 e. The zero-order valence-corrected chi connectivity index (χ0v) is 20.0. The van der Waals surface area contributed by atoms with E-state index >= 15 is 0 Å². The lowest BCUT2D eigenvalue weighted by Gasteiger charge is -2.19. The Hall–Kier alpha value is -4.09. The van der Waals surface area contributed by atoms with Gasteiger partial charge in [0.1, 0.15) is 18.4 Å². The average molecular weight is 510 g/mol. The Morgan fingerprint density at radius 3 is 2.63 bits per heavy atom. The molecule has 1 saturated heterocycles. The van der Waals surface area contributed by atoms with Gasteiger partial charge in [-0.1, -0.05) is 42.5 Å². The maximum Gasteiger partial charge on any atom is 0.280 e. The molecule has 190 valence electrons. The molecule has 0 unspecified atom stereocenters. The van der Waals surface area contributed by atoms with Crippen molar-refractivity contribution in [2.75, 3.05) is 11.9 Å². The second kappa shape index (κ2) is 7.71. The average Bonchev–Trinajstić information content (AvgIpc) is 3.59. The van der Waals surface area contributed by atoms with Crippen LogP contribution in [-0.2, 0) is 4.74 Å². The number of aliphatic hydroxyl groups is 3. The molecule has 0 spiro atoms. The summed E-state index contributed by atoms with van der Waals surface area (Å²) in [4.78, 5) is 24.5. The quantitative estimate of drug-likeness (QED) is 0.228. The first kappa shape index (κ1) is 21.9. The molecule has 5 atom stereocenters. The van der Waals surface area contributed by atoms with Crippen LogP contribution in [0.2, 0.25) is 0 Å². The standard InChI is InChI=1S/C28H23N5O5/c34-10-18-17(35)9-19(38-18)33-11-29-24-26(33)31-28(32-27(24)37)30-23-15-7-6-13-5-4-12-2-1-3-14-8-16(25(23)36)22(15)21(13)20(12)14/h1-8,11,17-19,23,25,34-36H,9-10H2,(H2,30,31,32,37)/t17-,18+,19+,23+,25-/m0/s1. The molecule has 10 heteroatoms. The van der Waals surface area contributed by atoms with E-state index < -0.39 is 36.1 Å². The van der Waals surface area contributed by atoms with Gasteiger partial charge in [-0.2, -0.15) is 4.98 Å². The number of ether oxygens (including phenoxy) is 1. The number of aliphatic hydroxyl groups excluding tert-OH is 3. The van der Waals surface area contributed by atoms with Gasteiger partial charge in [0, 0.05) is 6.42 Å². The Kier molecular flexibility index (Phi) is 4.45. The van der Waals surface area contributed by atoms with Crippen LogP contribution < -0.4 is 10.9 Å². The highest BCUT2D eigenvalue weighted by atomic mass is 16.5. The Bertz CT molecular complexity index is 1950.